The van der Waals surface area contributed by atoms with Crippen LogP contribution in [-0.4, -0.2) is 42.5 Å². The molecule has 2 fully saturated rings. The van der Waals surface area contributed by atoms with Crippen LogP contribution in [0.15, 0.2) is 53.8 Å². The molecule has 1 amide bonds. The summed E-state index contributed by atoms with van der Waals surface area (Å²) in [4.78, 5) is 37.9. The van der Waals surface area contributed by atoms with E-state index in [4.69, 9.17) is 21.1 Å². The molecule has 7 nitrogen and oxygen atoms in total. The lowest BCUT2D eigenvalue weighted by molar-refractivity contribution is -0.141. The van der Waals surface area contributed by atoms with Crippen LogP contribution < -0.4 is 10.1 Å². The van der Waals surface area contributed by atoms with Crippen molar-refractivity contribution in [3.63, 3.8) is 0 Å². The lowest BCUT2D eigenvalue weighted by Gasteiger charge is -2.22. The van der Waals surface area contributed by atoms with Gasteiger partial charge in [-0.05, 0) is 54.5 Å². The van der Waals surface area contributed by atoms with Gasteiger partial charge in [-0.1, -0.05) is 74.9 Å². The monoisotopic (exact) mass is 553 g/mol. The summed E-state index contributed by atoms with van der Waals surface area (Å²) in [6, 6.07) is 12.7. The van der Waals surface area contributed by atoms with Gasteiger partial charge in [-0.15, -0.1) is 0 Å². The number of allylic oxidation sites excluding steroid dienone is 1. The Hall–Kier alpha value is -3.32. The maximum atomic E-state index is 12.9. The summed E-state index contributed by atoms with van der Waals surface area (Å²) < 4.78 is 10.6. The zero-order chi connectivity index (χ0) is 27.9. The van der Waals surface area contributed by atoms with E-state index >= 15 is 0 Å². The molecule has 0 radical (unpaired) electrons. The Balaban J connectivity index is 1.30. The van der Waals surface area contributed by atoms with Gasteiger partial charge >= 0.3 is 5.97 Å². The number of halogens is 1. The Labute approximate surface area is 234 Å². The van der Waals surface area contributed by atoms with Gasteiger partial charge in [0.25, 0.3) is 5.91 Å². The first-order valence-corrected chi connectivity index (χ1v) is 14.0. The van der Waals surface area contributed by atoms with Crippen molar-refractivity contribution >= 4 is 29.3 Å². The number of ketones is 1. The molecule has 0 spiro atoms. The van der Waals surface area contributed by atoms with Crippen LogP contribution in [0.4, 0.5) is 0 Å². The van der Waals surface area contributed by atoms with Crippen molar-refractivity contribution in [3.05, 3.63) is 75.5 Å². The molecule has 2 N–H and O–H groups in total. The van der Waals surface area contributed by atoms with Crippen LogP contribution >= 0.6 is 11.6 Å². The van der Waals surface area contributed by atoms with Gasteiger partial charge in [0.15, 0.2) is 6.10 Å². The van der Waals surface area contributed by atoms with E-state index in [1.165, 1.54) is 13.5 Å². The maximum Gasteiger partial charge on any atom is 0.346 e. The molecule has 1 aliphatic carbocycles. The van der Waals surface area contributed by atoms with Crippen LogP contribution in [0.5, 0.6) is 5.75 Å². The van der Waals surface area contributed by atoms with Crippen molar-refractivity contribution < 1.29 is 29.0 Å². The number of amides is 1. The maximum absolute atomic E-state index is 12.9. The van der Waals surface area contributed by atoms with Gasteiger partial charge in [0.1, 0.15) is 17.1 Å². The highest BCUT2D eigenvalue weighted by Gasteiger charge is 2.42. The number of cyclic esters (lactones) is 1. The highest BCUT2D eigenvalue weighted by molar-refractivity contribution is 6.31. The number of aliphatic hydroxyl groups is 1. The zero-order valence-electron chi connectivity index (χ0n) is 22.5. The van der Waals surface area contributed by atoms with Crippen molar-refractivity contribution in [2.45, 2.75) is 64.4 Å². The summed E-state index contributed by atoms with van der Waals surface area (Å²) in [6.45, 7) is 2.23. The van der Waals surface area contributed by atoms with Crippen LogP contribution in [0.2, 0.25) is 5.02 Å². The van der Waals surface area contributed by atoms with Crippen LogP contribution in [0.3, 0.4) is 0 Å². The first kappa shape index (κ1) is 28.7. The largest absolute Gasteiger partial charge is 0.511 e. The number of methoxy groups -OCH3 is 1. The minimum atomic E-state index is -0.773. The molecule has 39 heavy (non-hydrogen) atoms. The van der Waals surface area contributed by atoms with Gasteiger partial charge in [0.2, 0.25) is 5.78 Å². The van der Waals surface area contributed by atoms with E-state index in [1.807, 2.05) is 24.3 Å². The Bertz CT molecular complexity index is 1230. The summed E-state index contributed by atoms with van der Waals surface area (Å²) >= 11 is 6.02. The third-order valence-corrected chi connectivity index (χ3v) is 7.89. The predicted molar refractivity (Wildman–Crippen MR) is 149 cm³/mol. The molecule has 0 aromatic heterocycles. The van der Waals surface area contributed by atoms with Crippen molar-refractivity contribution in [2.75, 3.05) is 13.7 Å². The second-order valence-electron chi connectivity index (χ2n) is 10.5. The third-order valence-electron chi connectivity index (χ3n) is 7.66. The summed E-state index contributed by atoms with van der Waals surface area (Å²) in [6.07, 6.45) is 6.50. The molecular weight excluding hydrogens is 518 g/mol. The summed E-state index contributed by atoms with van der Waals surface area (Å²) in [7, 11) is 1.50. The first-order chi connectivity index (χ1) is 18.8. The summed E-state index contributed by atoms with van der Waals surface area (Å²) in [5.41, 5.74) is 2.19. The molecule has 1 saturated carbocycles. The van der Waals surface area contributed by atoms with Crippen molar-refractivity contribution in [3.8, 4) is 5.75 Å². The first-order valence-electron chi connectivity index (χ1n) is 13.6. The van der Waals surface area contributed by atoms with Gasteiger partial charge in [0, 0.05) is 17.5 Å². The number of ether oxygens (including phenoxy) is 2. The normalized spacial score (nSPS) is 19.9. The lowest BCUT2D eigenvalue weighted by Crippen LogP contribution is -2.26. The van der Waals surface area contributed by atoms with E-state index in [-0.39, 0.29) is 23.0 Å². The molecule has 0 bridgehead atoms. The van der Waals surface area contributed by atoms with E-state index in [1.54, 1.807) is 25.1 Å². The van der Waals surface area contributed by atoms with Gasteiger partial charge in [-0.2, -0.15) is 0 Å². The number of rotatable bonds is 10. The highest BCUT2D eigenvalue weighted by atomic mass is 35.5. The molecule has 2 aliphatic rings. The second-order valence-corrected chi connectivity index (χ2v) is 11.0. The number of esters is 1. The number of carbonyl (C=O) groups is 3. The van der Waals surface area contributed by atoms with Crippen molar-refractivity contribution in [2.24, 2.45) is 11.8 Å². The number of carbonyl (C=O) groups excluding carboxylic acids is 3. The number of hydrogen-bond acceptors (Lipinski definition) is 6. The molecule has 2 atom stereocenters. The van der Waals surface area contributed by atoms with E-state index in [2.05, 4.69) is 5.32 Å². The molecule has 1 aliphatic heterocycles. The molecule has 2 aromatic rings. The van der Waals surface area contributed by atoms with Crippen molar-refractivity contribution in [1.29, 1.82) is 0 Å². The fourth-order valence-electron chi connectivity index (χ4n) is 5.43. The lowest BCUT2D eigenvalue weighted by atomic mass is 9.84. The highest BCUT2D eigenvalue weighted by Crippen LogP contribution is 2.33. The van der Waals surface area contributed by atoms with Crippen LogP contribution in [-0.2, 0) is 27.2 Å². The van der Waals surface area contributed by atoms with Gasteiger partial charge < -0.3 is 19.9 Å². The van der Waals surface area contributed by atoms with Gasteiger partial charge in [-0.3, -0.25) is 9.59 Å². The molecule has 1 saturated heterocycles. The zero-order valence-corrected chi connectivity index (χ0v) is 23.3. The van der Waals surface area contributed by atoms with Crippen LogP contribution in [0.25, 0.3) is 0 Å². The Morgan fingerprint density at radius 3 is 2.49 bits per heavy atom. The topological polar surface area (TPSA) is 102 Å². The van der Waals surface area contributed by atoms with E-state index < -0.39 is 18.0 Å². The van der Waals surface area contributed by atoms with E-state index in [9.17, 15) is 19.5 Å². The van der Waals surface area contributed by atoms with Crippen molar-refractivity contribution in [1.82, 2.24) is 5.32 Å². The number of Topliss-reactive ketones (excluding diaryl/α,β-unsaturated/α-hetero) is 1. The minimum Gasteiger partial charge on any atom is -0.511 e. The number of benzene rings is 2. The average Bonchev–Trinajstić information content (AvgIpc) is 3.21. The molecule has 4 rings (SSSR count). The number of hydrogen-bond donors (Lipinski definition) is 2. The average molecular weight is 554 g/mol. The smallest absolute Gasteiger partial charge is 0.346 e. The quantitative estimate of drug-likeness (QED) is 0.167. The van der Waals surface area contributed by atoms with Gasteiger partial charge in [-0.25, -0.2) is 4.79 Å². The molecule has 1 heterocycles. The predicted octanol–water partition coefficient (Wildman–Crippen LogP) is 5.78. The second kappa shape index (κ2) is 13.2. The molecular formula is C31H36ClNO6. The minimum absolute atomic E-state index is 0.188. The van der Waals surface area contributed by atoms with Gasteiger partial charge in [0.05, 0.1) is 12.7 Å². The fourth-order valence-corrected chi connectivity index (χ4v) is 5.60. The Kier molecular flexibility index (Phi) is 9.68. The summed E-state index contributed by atoms with van der Waals surface area (Å²) in [5.74, 6) is -1.11. The molecule has 208 valence electrons. The molecule has 8 heteroatoms. The molecule has 0 unspecified atom stereocenters. The Morgan fingerprint density at radius 1 is 1.10 bits per heavy atom. The molecule has 2 aromatic carbocycles. The van der Waals surface area contributed by atoms with Crippen LogP contribution in [0.1, 0.15) is 66.9 Å². The van der Waals surface area contributed by atoms with E-state index in [0.29, 0.717) is 48.1 Å². The summed E-state index contributed by atoms with van der Waals surface area (Å²) in [5, 5.41) is 14.2. The number of aliphatic hydroxyl groups excluding tert-OH is 1. The standard InChI is InChI=1S/C31H36ClNO6/c1-19(28(34)27-29(35)26(39-31(27)37)17-21-6-4-3-5-7-21)16-22-10-8-20(9-11-22)14-15-33-30(36)24-18-23(32)12-13-25(24)38-2/h8-13,18-19,21,26,34H,3-7,14-17H2,1-2H3,(H,33,36)/t19-,26+/m1/s1. The fraction of sp³-hybridized carbons (Fsp3) is 0.452. The third kappa shape index (κ3) is 7.21. The SMILES string of the molecule is COc1ccc(Cl)cc1C(=O)NCCc1ccc(C[C@@H](C)C(O)=C2C(=O)O[C@@H](CC3CCCCC3)C2=O)cc1. The number of nitrogens with one attached hydrogen (secondary N) is 1. The Morgan fingerprint density at radius 2 is 1.79 bits per heavy atom. The van der Waals surface area contributed by atoms with E-state index in [0.717, 1.165) is 36.8 Å². The van der Waals surface area contributed by atoms with Crippen LogP contribution in [0, 0.1) is 11.8 Å².